The van der Waals surface area contributed by atoms with Crippen molar-refractivity contribution in [2.45, 2.75) is 13.1 Å². The minimum Gasteiger partial charge on any atom is -0.358 e. The number of hydrogen-bond donors (Lipinski definition) is 1. The molecule has 7 heteroatoms. The average molecular weight is 392 g/mol. The van der Waals surface area contributed by atoms with Crippen molar-refractivity contribution < 1.29 is 10.6 Å². The van der Waals surface area contributed by atoms with Gasteiger partial charge in [-0.2, -0.15) is 0 Å². The van der Waals surface area contributed by atoms with Crippen LogP contribution in [0, 0.1) is 17.7 Å². The largest absolute Gasteiger partial charge is 0.358 e. The molecular formula is C22H21FN4O2. The fourth-order valence-electron chi connectivity index (χ4n) is 3.34. The zero-order chi connectivity index (χ0) is 20.4. The van der Waals surface area contributed by atoms with Gasteiger partial charge >= 0.3 is 0 Å². The summed E-state index contributed by atoms with van der Waals surface area (Å²) in [6.45, 7) is 1.81. The molecule has 0 spiro atoms. The van der Waals surface area contributed by atoms with Gasteiger partial charge in [0.05, 0.1) is 24.0 Å². The summed E-state index contributed by atoms with van der Waals surface area (Å²) in [7, 11) is 1.60. The topological polar surface area (TPSA) is 67.2 Å². The lowest BCUT2D eigenvalue weighted by Gasteiger charge is -2.28. The van der Waals surface area contributed by atoms with E-state index in [1.54, 1.807) is 41.9 Å². The van der Waals surface area contributed by atoms with E-state index < -0.39 is 0 Å². The first-order valence-electron chi connectivity index (χ1n) is 9.27. The predicted octanol–water partition coefficient (Wildman–Crippen LogP) is 1.74. The molecule has 4 rings (SSSR count). The number of rotatable bonds is 2. The van der Waals surface area contributed by atoms with E-state index in [1.165, 1.54) is 12.1 Å². The van der Waals surface area contributed by atoms with Crippen LogP contribution in [0.1, 0.15) is 18.4 Å². The van der Waals surface area contributed by atoms with Gasteiger partial charge in [-0.15, -0.1) is 0 Å². The summed E-state index contributed by atoms with van der Waals surface area (Å²) in [6, 6.07) is 11.3. The number of hydrogen-bond acceptors (Lipinski definition) is 4. The molecule has 148 valence electrons. The third-order valence-corrected chi connectivity index (χ3v) is 4.86. The predicted molar refractivity (Wildman–Crippen MR) is 110 cm³/mol. The van der Waals surface area contributed by atoms with E-state index in [4.69, 9.17) is 0 Å². The van der Waals surface area contributed by atoms with Gasteiger partial charge in [-0.05, 0) is 36.4 Å². The molecule has 0 unspecified atom stereocenters. The van der Waals surface area contributed by atoms with Gasteiger partial charge in [0.15, 0.2) is 0 Å². The normalized spacial score (nSPS) is 13.4. The molecule has 1 aliphatic rings. The molecule has 0 radical (unpaired) electrons. The van der Waals surface area contributed by atoms with E-state index in [-0.39, 0.29) is 25.3 Å². The van der Waals surface area contributed by atoms with Crippen LogP contribution < -0.4 is 10.9 Å². The van der Waals surface area contributed by atoms with Crippen LogP contribution in [-0.4, -0.2) is 40.5 Å². The lowest BCUT2D eigenvalue weighted by Crippen LogP contribution is -2.43. The van der Waals surface area contributed by atoms with Crippen molar-refractivity contribution in [1.29, 1.82) is 0 Å². The molecule has 29 heavy (non-hydrogen) atoms. The highest BCUT2D eigenvalue weighted by atomic mass is 19.1. The van der Waals surface area contributed by atoms with Crippen LogP contribution in [0.4, 0.5) is 4.39 Å². The highest BCUT2D eigenvalue weighted by Gasteiger charge is 2.21. The van der Waals surface area contributed by atoms with E-state index in [2.05, 4.69) is 22.1 Å². The minimum atomic E-state index is -0.335. The maximum Gasteiger partial charge on any atom is 0.261 e. The van der Waals surface area contributed by atoms with E-state index in [0.29, 0.717) is 47.5 Å². The minimum absolute atomic E-state index is 0. The molecule has 0 saturated carbocycles. The van der Waals surface area contributed by atoms with Crippen molar-refractivity contribution in [3.63, 3.8) is 0 Å². The molecule has 0 atom stereocenters. The highest BCUT2D eigenvalue weighted by Crippen LogP contribution is 2.15. The standard InChI is InChI=1S/C22H19FN4O2.H2/c1-24-21(28)14-26-9-10-27-20(13-26)25-19-12-16(7-8-18(19)22(27)29)6-5-15-3-2-4-17(23)11-15;/h2-4,7-8,11-12H,9-10,13-14H2,1H3,(H,24,28);1H. The Morgan fingerprint density at radius 2 is 2.00 bits per heavy atom. The first-order valence-corrected chi connectivity index (χ1v) is 9.27. The lowest BCUT2D eigenvalue weighted by molar-refractivity contribution is -0.122. The molecule has 3 aromatic rings. The maximum atomic E-state index is 13.3. The van der Waals surface area contributed by atoms with Crippen LogP contribution >= 0.6 is 0 Å². The van der Waals surface area contributed by atoms with Crippen molar-refractivity contribution >= 4 is 16.8 Å². The van der Waals surface area contributed by atoms with Crippen LogP contribution in [0.5, 0.6) is 0 Å². The number of nitrogens with zero attached hydrogens (tertiary/aromatic N) is 3. The van der Waals surface area contributed by atoms with E-state index >= 15 is 0 Å². The van der Waals surface area contributed by atoms with E-state index in [9.17, 15) is 14.0 Å². The second-order valence-corrected chi connectivity index (χ2v) is 6.86. The van der Waals surface area contributed by atoms with Crippen LogP contribution in [0.3, 0.4) is 0 Å². The summed E-state index contributed by atoms with van der Waals surface area (Å²) in [5.41, 5.74) is 1.74. The molecule has 1 aliphatic heterocycles. The van der Waals surface area contributed by atoms with Crippen LogP contribution in [0.15, 0.2) is 47.3 Å². The molecule has 1 N–H and O–H groups in total. The Hall–Kier alpha value is -3.50. The Labute approximate surface area is 168 Å². The first kappa shape index (κ1) is 18.8. The molecule has 0 bridgehead atoms. The second-order valence-electron chi connectivity index (χ2n) is 6.86. The Balaban J connectivity index is 0.00000256. The Bertz CT molecular complexity index is 1230. The molecule has 0 saturated heterocycles. The number of likely N-dealkylation sites (N-methyl/N-ethyl adjacent to an activating group) is 1. The summed E-state index contributed by atoms with van der Waals surface area (Å²) < 4.78 is 15.0. The number of halogens is 1. The van der Waals surface area contributed by atoms with Gasteiger partial charge in [0.2, 0.25) is 5.91 Å². The Kier molecular flexibility index (Phi) is 5.10. The molecule has 2 heterocycles. The van der Waals surface area contributed by atoms with Gasteiger partial charge in [0.25, 0.3) is 5.56 Å². The monoisotopic (exact) mass is 392 g/mol. The number of aromatic nitrogens is 2. The molecule has 0 aliphatic carbocycles. The summed E-state index contributed by atoms with van der Waals surface area (Å²) in [5.74, 6) is 6.14. The summed E-state index contributed by atoms with van der Waals surface area (Å²) in [6.07, 6.45) is 0. The number of benzene rings is 2. The maximum absolute atomic E-state index is 13.3. The van der Waals surface area contributed by atoms with Crippen LogP contribution in [0.25, 0.3) is 10.9 Å². The van der Waals surface area contributed by atoms with Gasteiger partial charge in [0.1, 0.15) is 11.6 Å². The smallest absolute Gasteiger partial charge is 0.261 e. The molecule has 1 aromatic heterocycles. The lowest BCUT2D eigenvalue weighted by atomic mass is 10.1. The molecule has 2 aromatic carbocycles. The number of carbonyl (C=O) groups excluding carboxylic acids is 1. The summed E-state index contributed by atoms with van der Waals surface area (Å²) in [5, 5.41) is 3.14. The van der Waals surface area contributed by atoms with Gasteiger partial charge in [-0.25, -0.2) is 9.37 Å². The average Bonchev–Trinajstić information content (AvgIpc) is 2.72. The zero-order valence-electron chi connectivity index (χ0n) is 15.9. The Morgan fingerprint density at radius 3 is 2.76 bits per heavy atom. The van der Waals surface area contributed by atoms with E-state index in [1.807, 2.05) is 4.90 Å². The molecule has 6 nitrogen and oxygen atoms in total. The fourth-order valence-corrected chi connectivity index (χ4v) is 3.34. The number of carbonyl (C=O) groups is 1. The van der Waals surface area contributed by atoms with Crippen LogP contribution in [-0.2, 0) is 17.9 Å². The third-order valence-electron chi connectivity index (χ3n) is 4.86. The van der Waals surface area contributed by atoms with Crippen LogP contribution in [0.2, 0.25) is 0 Å². The third kappa shape index (κ3) is 4.03. The van der Waals surface area contributed by atoms with Gasteiger partial charge in [-0.3, -0.25) is 19.1 Å². The molecule has 1 amide bonds. The van der Waals surface area contributed by atoms with Gasteiger partial charge in [-0.1, -0.05) is 17.9 Å². The second kappa shape index (κ2) is 7.86. The zero-order valence-corrected chi connectivity index (χ0v) is 15.9. The SMILES string of the molecule is CNC(=O)CN1CCn2c(nc3cc(C#Cc4cccc(F)c4)ccc3c2=O)C1.[HH]. The molecular weight excluding hydrogens is 371 g/mol. The highest BCUT2D eigenvalue weighted by molar-refractivity contribution is 5.79. The van der Waals surface area contributed by atoms with Crippen molar-refractivity contribution in [3.05, 3.63) is 75.6 Å². The quantitative estimate of drug-likeness (QED) is 0.675. The van der Waals surface area contributed by atoms with Crippen molar-refractivity contribution in [2.75, 3.05) is 20.1 Å². The Morgan fingerprint density at radius 1 is 1.21 bits per heavy atom. The van der Waals surface area contributed by atoms with Crippen molar-refractivity contribution in [2.24, 2.45) is 0 Å². The summed E-state index contributed by atoms with van der Waals surface area (Å²) in [4.78, 5) is 31.1. The molecule has 0 fully saturated rings. The number of nitrogens with one attached hydrogen (secondary N) is 1. The van der Waals surface area contributed by atoms with Gasteiger partial charge < -0.3 is 5.32 Å². The fraction of sp³-hybridized carbons (Fsp3) is 0.227. The van der Waals surface area contributed by atoms with Gasteiger partial charge in [0, 0.05) is 32.7 Å². The number of fused-ring (bicyclic) bond motifs is 2. The van der Waals surface area contributed by atoms with E-state index in [0.717, 1.165) is 0 Å². The number of amides is 1. The first-order chi connectivity index (χ1) is 14.0. The summed E-state index contributed by atoms with van der Waals surface area (Å²) >= 11 is 0. The van der Waals surface area contributed by atoms with Crippen molar-refractivity contribution in [3.8, 4) is 11.8 Å². The van der Waals surface area contributed by atoms with Crippen molar-refractivity contribution in [1.82, 2.24) is 19.8 Å².